The number of carbonyl (C=O) groups excluding carboxylic acids is 2. The van der Waals surface area contributed by atoms with Crippen molar-refractivity contribution in [3.8, 4) is 0 Å². The van der Waals surface area contributed by atoms with Crippen molar-refractivity contribution in [3.63, 3.8) is 0 Å². The molecule has 2 atom stereocenters. The number of likely N-dealkylation sites (N-methyl/N-ethyl adjacent to an activating group) is 1. The average molecular weight is 489 g/mol. The third-order valence-electron chi connectivity index (χ3n) is 5.39. The summed E-state index contributed by atoms with van der Waals surface area (Å²) < 4.78 is 0. The maximum absolute atomic E-state index is 12.2. The Labute approximate surface area is 205 Å². The normalized spacial score (nSPS) is 17.0. The highest BCUT2D eigenvalue weighted by molar-refractivity contribution is 5.79. The largest absolute Gasteiger partial charge is 0.480 e. The van der Waals surface area contributed by atoms with Crippen LogP contribution in [-0.2, 0) is 19.2 Å². The van der Waals surface area contributed by atoms with Crippen LogP contribution in [0.5, 0.6) is 0 Å². The lowest BCUT2D eigenvalue weighted by molar-refractivity contribution is -0.143. The Balaban J connectivity index is 0. The number of carboxylic acid groups (broad SMARTS) is 2. The van der Waals surface area contributed by atoms with Crippen LogP contribution >= 0.6 is 0 Å². The molecule has 2 amide bonds. The topological polar surface area (TPSA) is 139 Å². The van der Waals surface area contributed by atoms with Crippen LogP contribution in [0, 0.1) is 0 Å². The van der Waals surface area contributed by atoms with Crippen LogP contribution < -0.4 is 10.6 Å². The van der Waals surface area contributed by atoms with Crippen molar-refractivity contribution in [2.75, 3.05) is 39.3 Å². The SMILES string of the molecule is CC.CCCCNC(=O)CN(CC(=O)O)C1CCCCC1N(CC)CC(=O)O.CCCNC=O. The van der Waals surface area contributed by atoms with E-state index in [1.54, 1.807) is 4.90 Å². The van der Waals surface area contributed by atoms with Gasteiger partial charge in [0, 0.05) is 25.2 Å². The third-order valence-corrected chi connectivity index (χ3v) is 5.39. The Kier molecular flexibility index (Phi) is 22.6. The van der Waals surface area contributed by atoms with E-state index in [-0.39, 0.29) is 37.6 Å². The van der Waals surface area contributed by atoms with Crippen molar-refractivity contribution >= 4 is 24.3 Å². The first kappa shape index (κ1) is 34.0. The molecule has 0 radical (unpaired) electrons. The zero-order valence-corrected chi connectivity index (χ0v) is 21.8. The monoisotopic (exact) mass is 488 g/mol. The molecule has 1 aliphatic carbocycles. The molecule has 0 aliphatic heterocycles. The van der Waals surface area contributed by atoms with Crippen LogP contribution in [0.2, 0.25) is 0 Å². The van der Waals surface area contributed by atoms with Gasteiger partial charge in [-0.25, -0.2) is 0 Å². The second-order valence-corrected chi connectivity index (χ2v) is 7.95. The number of hydrogen-bond donors (Lipinski definition) is 4. The fraction of sp³-hybridized carbons (Fsp3) is 0.833. The Morgan fingerprint density at radius 1 is 0.853 bits per heavy atom. The molecule has 0 saturated heterocycles. The van der Waals surface area contributed by atoms with Gasteiger partial charge in [0.25, 0.3) is 0 Å². The summed E-state index contributed by atoms with van der Waals surface area (Å²) >= 11 is 0. The van der Waals surface area contributed by atoms with Crippen molar-refractivity contribution in [2.45, 2.75) is 91.6 Å². The molecule has 34 heavy (non-hydrogen) atoms. The predicted molar refractivity (Wildman–Crippen MR) is 134 cm³/mol. The molecule has 0 spiro atoms. The van der Waals surface area contributed by atoms with E-state index in [0.717, 1.165) is 51.5 Å². The fourth-order valence-electron chi connectivity index (χ4n) is 3.89. The molecule has 1 saturated carbocycles. The van der Waals surface area contributed by atoms with Crippen LogP contribution in [0.3, 0.4) is 0 Å². The number of rotatable bonds is 15. The van der Waals surface area contributed by atoms with E-state index in [9.17, 15) is 24.3 Å². The zero-order valence-electron chi connectivity index (χ0n) is 21.8. The van der Waals surface area contributed by atoms with Gasteiger partial charge in [-0.05, 0) is 32.2 Å². The van der Waals surface area contributed by atoms with E-state index in [4.69, 9.17) is 5.11 Å². The van der Waals surface area contributed by atoms with Crippen molar-refractivity contribution in [3.05, 3.63) is 0 Å². The number of nitrogens with zero attached hydrogens (tertiary/aromatic N) is 2. The lowest BCUT2D eigenvalue weighted by Crippen LogP contribution is -2.57. The highest BCUT2D eigenvalue weighted by Crippen LogP contribution is 2.27. The molecule has 1 fully saturated rings. The van der Waals surface area contributed by atoms with Gasteiger partial charge in [-0.2, -0.15) is 0 Å². The molecule has 10 nitrogen and oxygen atoms in total. The van der Waals surface area contributed by atoms with E-state index < -0.39 is 11.9 Å². The maximum Gasteiger partial charge on any atom is 0.317 e. The van der Waals surface area contributed by atoms with Gasteiger partial charge in [0.2, 0.25) is 12.3 Å². The molecule has 0 aromatic rings. The molecular weight excluding hydrogens is 440 g/mol. The van der Waals surface area contributed by atoms with Crippen LogP contribution in [0.1, 0.15) is 79.6 Å². The second kappa shape index (κ2) is 22.6. The molecule has 4 N–H and O–H groups in total. The quantitative estimate of drug-likeness (QED) is 0.203. The van der Waals surface area contributed by atoms with E-state index in [1.165, 1.54) is 0 Å². The molecule has 10 heteroatoms. The summed E-state index contributed by atoms with van der Waals surface area (Å²) in [4.78, 5) is 47.8. The van der Waals surface area contributed by atoms with Crippen LogP contribution in [0.25, 0.3) is 0 Å². The van der Waals surface area contributed by atoms with Crippen molar-refractivity contribution in [2.24, 2.45) is 0 Å². The van der Waals surface area contributed by atoms with E-state index in [1.807, 2.05) is 39.5 Å². The maximum atomic E-state index is 12.2. The summed E-state index contributed by atoms with van der Waals surface area (Å²) in [6, 6.07) is -0.177. The van der Waals surface area contributed by atoms with E-state index in [2.05, 4.69) is 10.6 Å². The number of carboxylic acids is 2. The predicted octanol–water partition coefficient (Wildman–Crippen LogP) is 2.18. The minimum Gasteiger partial charge on any atom is -0.480 e. The lowest BCUT2D eigenvalue weighted by Gasteiger charge is -2.43. The number of aliphatic carboxylic acids is 2. The van der Waals surface area contributed by atoms with Gasteiger partial charge in [-0.15, -0.1) is 0 Å². The molecule has 200 valence electrons. The van der Waals surface area contributed by atoms with Gasteiger partial charge in [0.1, 0.15) is 0 Å². The minimum absolute atomic E-state index is 0.0296. The first-order valence-electron chi connectivity index (χ1n) is 12.7. The van der Waals surface area contributed by atoms with Gasteiger partial charge in [-0.1, -0.05) is 53.9 Å². The summed E-state index contributed by atoms with van der Waals surface area (Å²) in [7, 11) is 0. The summed E-state index contributed by atoms with van der Waals surface area (Å²) in [6.07, 6.45) is 7.13. The fourth-order valence-corrected chi connectivity index (χ4v) is 3.89. The number of unbranched alkanes of at least 4 members (excludes halogenated alkanes) is 1. The van der Waals surface area contributed by atoms with E-state index in [0.29, 0.717) is 19.5 Å². The van der Waals surface area contributed by atoms with Crippen LogP contribution in [0.15, 0.2) is 0 Å². The zero-order chi connectivity index (χ0) is 26.4. The molecule has 0 aromatic carbocycles. The van der Waals surface area contributed by atoms with Crippen LogP contribution in [-0.4, -0.2) is 95.6 Å². The Morgan fingerprint density at radius 2 is 1.38 bits per heavy atom. The van der Waals surface area contributed by atoms with Crippen molar-refractivity contribution in [1.82, 2.24) is 20.4 Å². The summed E-state index contributed by atoms with van der Waals surface area (Å²) in [5.74, 6) is -2.04. The minimum atomic E-state index is -0.975. The molecule has 1 aliphatic rings. The number of hydrogen-bond acceptors (Lipinski definition) is 6. The summed E-state index contributed by atoms with van der Waals surface area (Å²) in [5, 5.41) is 23.8. The smallest absolute Gasteiger partial charge is 0.317 e. The number of nitrogens with one attached hydrogen (secondary N) is 2. The Morgan fingerprint density at radius 3 is 1.79 bits per heavy atom. The van der Waals surface area contributed by atoms with Gasteiger partial charge >= 0.3 is 11.9 Å². The Hall–Kier alpha value is -2.20. The molecule has 2 unspecified atom stereocenters. The molecule has 1 rings (SSSR count). The van der Waals surface area contributed by atoms with Gasteiger partial charge in [0.15, 0.2) is 0 Å². The summed E-state index contributed by atoms with van der Waals surface area (Å²) in [6.45, 7) is 11.7. The van der Waals surface area contributed by atoms with Gasteiger partial charge in [-0.3, -0.25) is 29.0 Å². The first-order chi connectivity index (χ1) is 16.3. The van der Waals surface area contributed by atoms with Crippen molar-refractivity contribution < 1.29 is 29.4 Å². The van der Waals surface area contributed by atoms with Crippen LogP contribution in [0.4, 0.5) is 0 Å². The Bertz CT molecular complexity index is 562. The highest BCUT2D eigenvalue weighted by Gasteiger charge is 2.35. The molecule has 0 aromatic heterocycles. The highest BCUT2D eigenvalue weighted by atomic mass is 16.4. The first-order valence-corrected chi connectivity index (χ1v) is 12.7. The summed E-state index contributed by atoms with van der Waals surface area (Å²) in [5.41, 5.74) is 0. The van der Waals surface area contributed by atoms with Gasteiger partial charge < -0.3 is 20.8 Å². The average Bonchev–Trinajstić information content (AvgIpc) is 2.82. The second-order valence-electron chi connectivity index (χ2n) is 7.95. The van der Waals surface area contributed by atoms with Gasteiger partial charge in [0.05, 0.1) is 19.6 Å². The molecule has 0 heterocycles. The molecular formula is C24H48N4O6. The third kappa shape index (κ3) is 16.4. The lowest BCUT2D eigenvalue weighted by atomic mass is 9.87. The number of amides is 2. The number of carbonyl (C=O) groups is 4. The van der Waals surface area contributed by atoms with E-state index >= 15 is 0 Å². The molecule has 0 bridgehead atoms. The van der Waals surface area contributed by atoms with Crippen molar-refractivity contribution in [1.29, 1.82) is 0 Å². The standard InChI is InChI=1S/C18H33N3O5.C4H9NO.C2H6/c1-3-5-10-19-16(22)11-21(13-18(25)26)15-9-7-6-8-14(15)20(4-2)12-17(23)24;1-2-3-5-4-6;1-2/h14-15H,3-13H2,1-2H3,(H,19,22)(H,23,24)(H,25,26);4H,2-3H2,1H3,(H,5,6);1-2H3.